The van der Waals surface area contributed by atoms with Gasteiger partial charge in [0.15, 0.2) is 5.11 Å². The number of anilines is 1. The van der Waals surface area contributed by atoms with E-state index in [0.29, 0.717) is 18.7 Å². The van der Waals surface area contributed by atoms with Crippen LogP contribution >= 0.6 is 12.2 Å². The number of hydrogen-bond donors (Lipinski definition) is 2. The molecular weight excluding hydrogens is 502 g/mol. The average molecular weight is 546 g/mol. The molecule has 204 valence electrons. The summed E-state index contributed by atoms with van der Waals surface area (Å²) in [7, 11) is -2.06. The lowest BCUT2D eigenvalue weighted by Gasteiger charge is -2.17. The lowest BCUT2D eigenvalue weighted by Crippen LogP contribution is -2.33. The number of amides is 1. The van der Waals surface area contributed by atoms with Gasteiger partial charge in [-0.2, -0.15) is 4.31 Å². The molecule has 8 heteroatoms. The minimum atomic E-state index is -3.62. The Balaban J connectivity index is 1.65. The third-order valence-electron chi connectivity index (χ3n) is 6.33. The molecule has 0 saturated heterocycles. The van der Waals surface area contributed by atoms with Gasteiger partial charge in [-0.05, 0) is 48.5 Å². The number of benzene rings is 2. The predicted molar refractivity (Wildman–Crippen MR) is 157 cm³/mol. The summed E-state index contributed by atoms with van der Waals surface area (Å²) in [6.07, 6.45) is 14.1. The van der Waals surface area contributed by atoms with Crippen molar-refractivity contribution in [1.82, 2.24) is 9.62 Å². The molecule has 2 aromatic rings. The van der Waals surface area contributed by atoms with Gasteiger partial charge in [-0.3, -0.25) is 4.79 Å². The van der Waals surface area contributed by atoms with Gasteiger partial charge in [0.25, 0.3) is 0 Å². The van der Waals surface area contributed by atoms with Crippen LogP contribution in [0.25, 0.3) is 0 Å². The molecule has 0 spiro atoms. The van der Waals surface area contributed by atoms with Crippen molar-refractivity contribution in [3.05, 3.63) is 60.2 Å². The number of sulfonamides is 1. The minimum absolute atomic E-state index is 0.102. The molecular formula is C29H43N3O3S2. The minimum Gasteiger partial charge on any atom is -0.332 e. The first-order valence-electron chi connectivity index (χ1n) is 13.5. The Labute approximate surface area is 229 Å². The quantitative estimate of drug-likeness (QED) is 0.165. The molecule has 0 heterocycles. The van der Waals surface area contributed by atoms with Crippen LogP contribution < -0.4 is 10.6 Å². The van der Waals surface area contributed by atoms with E-state index in [0.717, 1.165) is 18.4 Å². The first-order chi connectivity index (χ1) is 17.8. The molecule has 0 aliphatic carbocycles. The number of unbranched alkanes of at least 4 members (excludes halogenated alkanes) is 10. The Bertz CT molecular complexity index is 1040. The highest BCUT2D eigenvalue weighted by Crippen LogP contribution is 2.19. The first kappa shape index (κ1) is 30.9. The van der Waals surface area contributed by atoms with Crippen LogP contribution in [0.3, 0.4) is 0 Å². The van der Waals surface area contributed by atoms with Crippen LogP contribution in [-0.2, 0) is 21.4 Å². The summed E-state index contributed by atoms with van der Waals surface area (Å²) in [5, 5.41) is 5.88. The van der Waals surface area contributed by atoms with Crippen LogP contribution in [0, 0.1) is 0 Å². The van der Waals surface area contributed by atoms with Crippen molar-refractivity contribution in [1.29, 1.82) is 0 Å². The van der Waals surface area contributed by atoms with E-state index in [9.17, 15) is 13.2 Å². The molecule has 6 nitrogen and oxygen atoms in total. The van der Waals surface area contributed by atoms with Crippen molar-refractivity contribution >= 4 is 38.9 Å². The fourth-order valence-electron chi connectivity index (χ4n) is 4.12. The molecule has 0 aliphatic heterocycles. The fourth-order valence-corrected chi connectivity index (χ4v) is 5.51. The maximum atomic E-state index is 12.9. The van der Waals surface area contributed by atoms with Gasteiger partial charge in [-0.25, -0.2) is 8.42 Å². The summed E-state index contributed by atoms with van der Waals surface area (Å²) in [5.74, 6) is -0.102. The van der Waals surface area contributed by atoms with Gasteiger partial charge in [-0.1, -0.05) is 101 Å². The second-order valence-corrected chi connectivity index (χ2v) is 12.0. The van der Waals surface area contributed by atoms with E-state index >= 15 is 0 Å². The monoisotopic (exact) mass is 545 g/mol. The summed E-state index contributed by atoms with van der Waals surface area (Å²) < 4.78 is 27.1. The van der Waals surface area contributed by atoms with Gasteiger partial charge in [0.2, 0.25) is 15.9 Å². The Kier molecular flexibility index (Phi) is 14.4. The van der Waals surface area contributed by atoms with Crippen molar-refractivity contribution in [2.24, 2.45) is 0 Å². The Morgan fingerprint density at radius 3 is 1.92 bits per heavy atom. The molecule has 2 aromatic carbocycles. The fraction of sp³-hybridized carbons (Fsp3) is 0.517. The number of hydrogen-bond acceptors (Lipinski definition) is 4. The topological polar surface area (TPSA) is 78.5 Å². The molecule has 0 saturated carbocycles. The van der Waals surface area contributed by atoms with E-state index in [1.165, 1.54) is 74.2 Å². The Hall–Kier alpha value is -2.29. The molecule has 37 heavy (non-hydrogen) atoms. The Morgan fingerprint density at radius 1 is 0.811 bits per heavy atom. The van der Waals surface area contributed by atoms with Crippen molar-refractivity contribution in [3.63, 3.8) is 0 Å². The lowest BCUT2D eigenvalue weighted by molar-refractivity contribution is -0.119. The molecule has 0 bridgehead atoms. The van der Waals surface area contributed by atoms with Crippen molar-refractivity contribution < 1.29 is 13.2 Å². The normalized spacial score (nSPS) is 11.4. The third kappa shape index (κ3) is 12.2. The van der Waals surface area contributed by atoms with Crippen molar-refractivity contribution in [2.75, 3.05) is 12.4 Å². The van der Waals surface area contributed by atoms with Crippen LogP contribution in [0.5, 0.6) is 0 Å². The van der Waals surface area contributed by atoms with E-state index in [-0.39, 0.29) is 15.9 Å². The molecule has 0 atom stereocenters. The van der Waals surface area contributed by atoms with Crippen molar-refractivity contribution in [3.8, 4) is 0 Å². The first-order valence-corrected chi connectivity index (χ1v) is 15.4. The summed E-state index contributed by atoms with van der Waals surface area (Å²) in [6.45, 7) is 2.53. The predicted octanol–water partition coefficient (Wildman–Crippen LogP) is 7.02. The highest BCUT2D eigenvalue weighted by molar-refractivity contribution is 7.89. The van der Waals surface area contributed by atoms with Crippen LogP contribution in [0.1, 0.15) is 89.5 Å². The Morgan fingerprint density at radius 2 is 1.35 bits per heavy atom. The zero-order chi connectivity index (χ0) is 26.9. The highest BCUT2D eigenvalue weighted by atomic mass is 32.2. The second-order valence-electron chi connectivity index (χ2n) is 9.56. The standard InChI is InChI=1S/C29H43N3O3S2/c1-3-4-5-6-7-8-9-10-11-12-16-19-28(33)31-29(36)30-26-20-22-27(23-21-26)37(34,35)32(2)24-25-17-14-13-15-18-25/h13-15,17-18,20-23H,3-12,16,19,24H2,1-2H3,(H2,30,31,33,36). The number of rotatable bonds is 17. The summed E-state index contributed by atoms with van der Waals surface area (Å²) in [6, 6.07) is 15.8. The molecule has 2 N–H and O–H groups in total. The smallest absolute Gasteiger partial charge is 0.243 e. The lowest BCUT2D eigenvalue weighted by atomic mass is 10.1. The maximum Gasteiger partial charge on any atom is 0.243 e. The molecule has 1 amide bonds. The molecule has 0 radical (unpaired) electrons. The van der Waals surface area contributed by atoms with Gasteiger partial charge in [0, 0.05) is 25.7 Å². The number of nitrogens with zero attached hydrogens (tertiary/aromatic N) is 1. The maximum absolute atomic E-state index is 12.9. The second kappa shape index (κ2) is 17.3. The number of carbonyl (C=O) groups is 1. The largest absolute Gasteiger partial charge is 0.332 e. The van der Waals surface area contributed by atoms with Crippen LogP contribution in [-0.4, -0.2) is 30.8 Å². The van der Waals surface area contributed by atoms with Gasteiger partial charge in [-0.15, -0.1) is 0 Å². The average Bonchev–Trinajstić information content (AvgIpc) is 2.88. The summed E-state index contributed by atoms with van der Waals surface area (Å²) in [5.41, 5.74) is 1.53. The van der Waals surface area contributed by atoms with Crippen LogP contribution in [0.15, 0.2) is 59.5 Å². The molecule has 0 unspecified atom stereocenters. The SMILES string of the molecule is CCCCCCCCCCCCCC(=O)NC(=S)Nc1ccc(S(=O)(=O)N(C)Cc2ccccc2)cc1. The third-order valence-corrected chi connectivity index (χ3v) is 8.35. The van der Waals surface area contributed by atoms with E-state index in [2.05, 4.69) is 17.6 Å². The zero-order valence-electron chi connectivity index (χ0n) is 22.4. The summed E-state index contributed by atoms with van der Waals surface area (Å²) >= 11 is 5.25. The van der Waals surface area contributed by atoms with Crippen LogP contribution in [0.4, 0.5) is 5.69 Å². The van der Waals surface area contributed by atoms with E-state index in [4.69, 9.17) is 12.2 Å². The summed E-state index contributed by atoms with van der Waals surface area (Å²) in [4.78, 5) is 12.4. The molecule has 0 aliphatic rings. The van der Waals surface area contributed by atoms with E-state index < -0.39 is 10.0 Å². The zero-order valence-corrected chi connectivity index (χ0v) is 24.0. The van der Waals surface area contributed by atoms with Crippen molar-refractivity contribution in [2.45, 2.75) is 95.4 Å². The van der Waals surface area contributed by atoms with Gasteiger partial charge in [0.1, 0.15) is 0 Å². The van der Waals surface area contributed by atoms with Crippen LogP contribution in [0.2, 0.25) is 0 Å². The van der Waals surface area contributed by atoms with Gasteiger partial charge in [0.05, 0.1) is 4.90 Å². The van der Waals surface area contributed by atoms with E-state index in [1.54, 1.807) is 19.2 Å². The molecule has 0 fully saturated rings. The number of nitrogens with one attached hydrogen (secondary N) is 2. The number of thiocarbonyl (C=S) groups is 1. The van der Waals surface area contributed by atoms with Gasteiger partial charge < -0.3 is 10.6 Å². The highest BCUT2D eigenvalue weighted by Gasteiger charge is 2.20. The number of carbonyl (C=O) groups excluding carboxylic acids is 1. The molecule has 2 rings (SSSR count). The van der Waals surface area contributed by atoms with Gasteiger partial charge >= 0.3 is 0 Å². The van der Waals surface area contributed by atoms with E-state index in [1.807, 2.05) is 30.3 Å². The molecule has 0 aromatic heterocycles.